The second-order valence-corrected chi connectivity index (χ2v) is 6.29. The molecule has 1 fully saturated rings. The van der Waals surface area contributed by atoms with E-state index >= 15 is 0 Å². The lowest BCUT2D eigenvalue weighted by molar-refractivity contribution is 0.166. The molecule has 0 aromatic heterocycles. The van der Waals surface area contributed by atoms with E-state index in [0.29, 0.717) is 11.5 Å². The second kappa shape index (κ2) is 5.88. The molecule has 0 saturated heterocycles. The fraction of sp³-hybridized carbons (Fsp3) is 0.647. The molecule has 0 aliphatic heterocycles. The van der Waals surface area contributed by atoms with E-state index in [9.17, 15) is 0 Å². The maximum absolute atomic E-state index is 3.80. The Morgan fingerprint density at radius 3 is 2.56 bits per heavy atom. The minimum atomic E-state index is 0.458. The fourth-order valence-electron chi connectivity index (χ4n) is 3.18. The standard InChI is InChI=1S/C17H27N/c1-4-14-9-5-6-10-15(14)13-18-16-11-7-8-12-17(16,2)3/h5-6,9-10,16,18H,4,7-8,11-13H2,1-3H3. The predicted molar refractivity (Wildman–Crippen MR) is 78.7 cm³/mol. The first-order chi connectivity index (χ1) is 8.63. The maximum atomic E-state index is 3.80. The zero-order valence-corrected chi connectivity index (χ0v) is 12.1. The molecule has 0 amide bonds. The lowest BCUT2D eigenvalue weighted by atomic mass is 9.73. The van der Waals surface area contributed by atoms with Gasteiger partial charge in [-0.1, -0.05) is 57.9 Å². The Hall–Kier alpha value is -0.820. The van der Waals surface area contributed by atoms with Crippen molar-refractivity contribution in [2.45, 2.75) is 65.5 Å². The quantitative estimate of drug-likeness (QED) is 0.833. The van der Waals surface area contributed by atoms with Crippen LogP contribution in [0.3, 0.4) is 0 Å². The van der Waals surface area contributed by atoms with Crippen molar-refractivity contribution >= 4 is 0 Å². The molecule has 2 rings (SSSR count). The van der Waals surface area contributed by atoms with E-state index in [-0.39, 0.29) is 0 Å². The van der Waals surface area contributed by atoms with Gasteiger partial charge in [-0.2, -0.15) is 0 Å². The van der Waals surface area contributed by atoms with Crippen molar-refractivity contribution in [2.75, 3.05) is 0 Å². The molecule has 1 unspecified atom stereocenters. The third kappa shape index (κ3) is 3.14. The molecule has 1 aliphatic carbocycles. The van der Waals surface area contributed by atoms with Gasteiger partial charge in [0.25, 0.3) is 0 Å². The summed E-state index contributed by atoms with van der Waals surface area (Å²) in [5, 5.41) is 3.80. The average Bonchev–Trinajstić information content (AvgIpc) is 2.37. The number of rotatable bonds is 4. The molecule has 1 aromatic rings. The van der Waals surface area contributed by atoms with Crippen LogP contribution >= 0.6 is 0 Å². The Morgan fingerprint density at radius 2 is 1.89 bits per heavy atom. The molecule has 1 saturated carbocycles. The molecular formula is C17H27N. The molecule has 1 atom stereocenters. The van der Waals surface area contributed by atoms with E-state index in [1.807, 2.05) is 0 Å². The van der Waals surface area contributed by atoms with Crippen LogP contribution in [0.25, 0.3) is 0 Å². The monoisotopic (exact) mass is 245 g/mol. The van der Waals surface area contributed by atoms with Gasteiger partial charge in [0.1, 0.15) is 0 Å². The smallest absolute Gasteiger partial charge is 0.0211 e. The minimum Gasteiger partial charge on any atom is -0.309 e. The van der Waals surface area contributed by atoms with Crippen LogP contribution in [0.15, 0.2) is 24.3 Å². The zero-order chi connectivity index (χ0) is 13.0. The van der Waals surface area contributed by atoms with E-state index in [2.05, 4.69) is 50.4 Å². The molecule has 1 aromatic carbocycles. The van der Waals surface area contributed by atoms with Gasteiger partial charge in [0.2, 0.25) is 0 Å². The van der Waals surface area contributed by atoms with Gasteiger partial charge in [-0.05, 0) is 35.8 Å². The molecule has 1 aliphatic rings. The summed E-state index contributed by atoms with van der Waals surface area (Å²) in [5.74, 6) is 0. The van der Waals surface area contributed by atoms with Gasteiger partial charge >= 0.3 is 0 Å². The first-order valence-electron chi connectivity index (χ1n) is 7.43. The molecule has 1 nitrogen and oxygen atoms in total. The van der Waals surface area contributed by atoms with E-state index in [4.69, 9.17) is 0 Å². The maximum Gasteiger partial charge on any atom is 0.0211 e. The third-order valence-corrected chi connectivity index (χ3v) is 4.55. The van der Waals surface area contributed by atoms with Crippen molar-refractivity contribution < 1.29 is 0 Å². The van der Waals surface area contributed by atoms with Crippen LogP contribution in [0, 0.1) is 5.41 Å². The number of hydrogen-bond donors (Lipinski definition) is 1. The number of aryl methyl sites for hydroxylation is 1. The van der Waals surface area contributed by atoms with Gasteiger partial charge in [0, 0.05) is 12.6 Å². The summed E-state index contributed by atoms with van der Waals surface area (Å²) in [6, 6.07) is 9.50. The Labute approximate surface area is 112 Å². The van der Waals surface area contributed by atoms with Crippen molar-refractivity contribution in [2.24, 2.45) is 5.41 Å². The van der Waals surface area contributed by atoms with Gasteiger partial charge in [0.05, 0.1) is 0 Å². The SMILES string of the molecule is CCc1ccccc1CNC1CCCCC1(C)C. The molecule has 0 bridgehead atoms. The van der Waals surface area contributed by atoms with Gasteiger partial charge in [0.15, 0.2) is 0 Å². The van der Waals surface area contributed by atoms with Gasteiger partial charge < -0.3 is 5.32 Å². The third-order valence-electron chi connectivity index (χ3n) is 4.55. The highest BCUT2D eigenvalue weighted by Crippen LogP contribution is 2.35. The Kier molecular flexibility index (Phi) is 4.45. The summed E-state index contributed by atoms with van der Waals surface area (Å²) in [5.41, 5.74) is 3.42. The first-order valence-corrected chi connectivity index (χ1v) is 7.43. The summed E-state index contributed by atoms with van der Waals surface area (Å²) in [7, 11) is 0. The average molecular weight is 245 g/mol. The van der Waals surface area contributed by atoms with Gasteiger partial charge in [-0.25, -0.2) is 0 Å². The van der Waals surface area contributed by atoms with Gasteiger partial charge in [-0.15, -0.1) is 0 Å². The van der Waals surface area contributed by atoms with Crippen LogP contribution in [0.4, 0.5) is 0 Å². The Morgan fingerprint density at radius 1 is 1.17 bits per heavy atom. The molecule has 0 heterocycles. The summed E-state index contributed by atoms with van der Waals surface area (Å²) in [6.45, 7) is 8.09. The number of hydrogen-bond acceptors (Lipinski definition) is 1. The Balaban J connectivity index is 1.98. The Bertz CT molecular complexity index is 381. The van der Waals surface area contributed by atoms with Crippen LogP contribution < -0.4 is 5.32 Å². The lowest BCUT2D eigenvalue weighted by Gasteiger charge is -2.39. The van der Waals surface area contributed by atoms with Crippen LogP contribution in [-0.2, 0) is 13.0 Å². The fourth-order valence-corrected chi connectivity index (χ4v) is 3.18. The summed E-state index contributed by atoms with van der Waals surface area (Å²) in [4.78, 5) is 0. The highest BCUT2D eigenvalue weighted by Gasteiger charge is 2.31. The van der Waals surface area contributed by atoms with Crippen molar-refractivity contribution in [1.82, 2.24) is 5.32 Å². The predicted octanol–water partition coefficient (Wildman–Crippen LogP) is 4.31. The van der Waals surface area contributed by atoms with Gasteiger partial charge in [-0.3, -0.25) is 0 Å². The minimum absolute atomic E-state index is 0.458. The van der Waals surface area contributed by atoms with Crippen molar-refractivity contribution in [1.29, 1.82) is 0 Å². The number of benzene rings is 1. The molecule has 1 heteroatoms. The second-order valence-electron chi connectivity index (χ2n) is 6.29. The van der Waals surface area contributed by atoms with Crippen molar-refractivity contribution in [3.05, 3.63) is 35.4 Å². The molecule has 100 valence electrons. The van der Waals surface area contributed by atoms with Crippen LogP contribution in [0.5, 0.6) is 0 Å². The van der Waals surface area contributed by atoms with Crippen molar-refractivity contribution in [3.8, 4) is 0 Å². The summed E-state index contributed by atoms with van der Waals surface area (Å²) in [6.07, 6.45) is 6.61. The topological polar surface area (TPSA) is 12.0 Å². The molecule has 0 spiro atoms. The van der Waals surface area contributed by atoms with E-state index in [0.717, 1.165) is 13.0 Å². The molecular weight excluding hydrogens is 218 g/mol. The summed E-state index contributed by atoms with van der Waals surface area (Å²) < 4.78 is 0. The molecule has 1 N–H and O–H groups in total. The molecule has 18 heavy (non-hydrogen) atoms. The highest BCUT2D eigenvalue weighted by atomic mass is 14.9. The largest absolute Gasteiger partial charge is 0.309 e. The highest BCUT2D eigenvalue weighted by molar-refractivity contribution is 5.26. The van der Waals surface area contributed by atoms with E-state index < -0.39 is 0 Å². The van der Waals surface area contributed by atoms with Crippen LogP contribution in [-0.4, -0.2) is 6.04 Å². The summed E-state index contributed by atoms with van der Waals surface area (Å²) >= 11 is 0. The zero-order valence-electron chi connectivity index (χ0n) is 12.1. The molecule has 0 radical (unpaired) electrons. The normalized spacial score (nSPS) is 22.9. The van der Waals surface area contributed by atoms with E-state index in [1.165, 1.54) is 36.8 Å². The van der Waals surface area contributed by atoms with Crippen LogP contribution in [0.1, 0.15) is 57.6 Å². The van der Waals surface area contributed by atoms with Crippen molar-refractivity contribution in [3.63, 3.8) is 0 Å². The first kappa shape index (κ1) is 13.6. The number of nitrogens with one attached hydrogen (secondary N) is 1. The van der Waals surface area contributed by atoms with E-state index in [1.54, 1.807) is 0 Å². The van der Waals surface area contributed by atoms with Crippen LogP contribution in [0.2, 0.25) is 0 Å². The lowest BCUT2D eigenvalue weighted by Crippen LogP contribution is -2.43.